The molecule has 0 radical (unpaired) electrons. The Morgan fingerprint density at radius 2 is 2.00 bits per heavy atom. The molecule has 0 bridgehead atoms. The van der Waals surface area contributed by atoms with Crippen LogP contribution in [0, 0.1) is 12.7 Å². The first-order valence-electron chi connectivity index (χ1n) is 10.1. The molecule has 4 rings (SSSR count). The second-order valence-electron chi connectivity index (χ2n) is 7.77. The number of nitrogens with one attached hydrogen (secondary N) is 2. The second kappa shape index (κ2) is 8.23. The van der Waals surface area contributed by atoms with Gasteiger partial charge in [0.15, 0.2) is 11.6 Å². The van der Waals surface area contributed by atoms with Gasteiger partial charge in [-0.15, -0.1) is 0 Å². The van der Waals surface area contributed by atoms with Gasteiger partial charge in [-0.25, -0.2) is 9.37 Å². The summed E-state index contributed by atoms with van der Waals surface area (Å²) in [5, 5.41) is 7.18. The third kappa shape index (κ3) is 4.04. The maximum atomic E-state index is 14.7. The lowest BCUT2D eigenvalue weighted by atomic mass is 9.91. The van der Waals surface area contributed by atoms with Crippen LogP contribution in [0.1, 0.15) is 41.6 Å². The molecule has 6 N–H and O–H groups in total. The highest BCUT2D eigenvalue weighted by atomic mass is 19.1. The third-order valence-corrected chi connectivity index (χ3v) is 5.54. The number of benzene rings is 1. The molecule has 2 atom stereocenters. The van der Waals surface area contributed by atoms with Gasteiger partial charge in [-0.2, -0.15) is 0 Å². The van der Waals surface area contributed by atoms with Crippen LogP contribution in [0.2, 0.25) is 0 Å². The molecule has 2 heterocycles. The van der Waals surface area contributed by atoms with Crippen molar-refractivity contribution in [2.75, 3.05) is 10.6 Å². The number of nitrogens with zero attached hydrogens (tertiary/aromatic N) is 2. The van der Waals surface area contributed by atoms with E-state index < -0.39 is 11.7 Å². The number of hydrogen-bond acceptors (Lipinski definition) is 6. The summed E-state index contributed by atoms with van der Waals surface area (Å²) in [5.74, 6) is -1.14. The lowest BCUT2D eigenvalue weighted by molar-refractivity contribution is 0.100. The number of fused-ring (bicyclic) bond motifs is 1. The molecule has 1 saturated carbocycles. The number of pyridine rings is 2. The van der Waals surface area contributed by atoms with E-state index in [9.17, 15) is 9.18 Å². The number of aromatic nitrogens is 2. The number of aryl methyl sites for hydroxylation is 1. The van der Waals surface area contributed by atoms with E-state index in [1.165, 1.54) is 0 Å². The third-order valence-electron chi connectivity index (χ3n) is 5.54. The molecule has 0 aliphatic heterocycles. The Hall–Kier alpha value is -3.26. The first-order valence-corrected chi connectivity index (χ1v) is 10.1. The second-order valence-corrected chi connectivity index (χ2v) is 7.77. The number of nitrogens with two attached hydrogens (primary N) is 2. The Bertz CT molecular complexity index is 1100. The number of primary amides is 1. The Morgan fingerprint density at radius 1 is 1.20 bits per heavy atom. The number of rotatable bonds is 5. The average Bonchev–Trinajstić information content (AvgIpc) is 2.71. The van der Waals surface area contributed by atoms with Crippen LogP contribution in [0.15, 0.2) is 36.5 Å². The van der Waals surface area contributed by atoms with Gasteiger partial charge in [0.25, 0.3) is 5.91 Å². The van der Waals surface area contributed by atoms with Gasteiger partial charge in [0.1, 0.15) is 5.82 Å². The van der Waals surface area contributed by atoms with Crippen molar-refractivity contribution in [1.82, 2.24) is 9.97 Å². The number of carbonyl (C=O) groups is 1. The average molecular weight is 408 g/mol. The minimum absolute atomic E-state index is 0.0186. The van der Waals surface area contributed by atoms with Crippen LogP contribution >= 0.6 is 0 Å². The van der Waals surface area contributed by atoms with E-state index >= 15 is 0 Å². The maximum Gasteiger partial charge on any atom is 0.252 e. The maximum absolute atomic E-state index is 14.7. The van der Waals surface area contributed by atoms with Crippen LogP contribution < -0.4 is 22.1 Å². The van der Waals surface area contributed by atoms with Gasteiger partial charge in [0, 0.05) is 29.4 Å². The van der Waals surface area contributed by atoms with Crippen LogP contribution in [-0.4, -0.2) is 28.0 Å². The topological polar surface area (TPSA) is 119 Å². The fraction of sp³-hybridized carbons (Fsp3) is 0.318. The van der Waals surface area contributed by atoms with Crippen molar-refractivity contribution in [2.45, 2.75) is 44.7 Å². The lowest BCUT2D eigenvalue weighted by Gasteiger charge is -2.30. The van der Waals surface area contributed by atoms with Crippen molar-refractivity contribution >= 4 is 34.1 Å². The summed E-state index contributed by atoms with van der Waals surface area (Å²) >= 11 is 0. The number of carbonyl (C=O) groups excluding carboxylic acids is 1. The first-order chi connectivity index (χ1) is 14.4. The van der Waals surface area contributed by atoms with Crippen LogP contribution in [0.3, 0.4) is 0 Å². The van der Waals surface area contributed by atoms with Crippen molar-refractivity contribution in [3.63, 3.8) is 0 Å². The van der Waals surface area contributed by atoms with Gasteiger partial charge in [-0.05, 0) is 49.6 Å². The van der Waals surface area contributed by atoms with E-state index in [1.807, 2.05) is 31.2 Å². The summed E-state index contributed by atoms with van der Waals surface area (Å²) in [6.45, 7) is 1.95. The number of anilines is 3. The molecule has 0 spiro atoms. The van der Waals surface area contributed by atoms with Crippen LogP contribution in [0.4, 0.5) is 21.7 Å². The molecular formula is C22H25FN6O. The van der Waals surface area contributed by atoms with E-state index in [2.05, 4.69) is 20.6 Å². The summed E-state index contributed by atoms with van der Waals surface area (Å²) in [6.07, 6.45) is 5.57. The first kappa shape index (κ1) is 20.0. The summed E-state index contributed by atoms with van der Waals surface area (Å²) in [5.41, 5.74) is 14.2. The zero-order valence-corrected chi connectivity index (χ0v) is 16.8. The summed E-state index contributed by atoms with van der Waals surface area (Å²) in [6, 6.07) is 8.58. The highest BCUT2D eigenvalue weighted by Gasteiger charge is 2.24. The highest BCUT2D eigenvalue weighted by Crippen LogP contribution is 2.28. The molecule has 30 heavy (non-hydrogen) atoms. The van der Waals surface area contributed by atoms with E-state index in [0.29, 0.717) is 5.69 Å². The van der Waals surface area contributed by atoms with Gasteiger partial charge in [0.05, 0.1) is 11.1 Å². The molecule has 1 aromatic carbocycles. The van der Waals surface area contributed by atoms with E-state index in [0.717, 1.165) is 48.2 Å². The van der Waals surface area contributed by atoms with E-state index in [4.69, 9.17) is 11.5 Å². The normalized spacial score (nSPS) is 18.9. The van der Waals surface area contributed by atoms with E-state index in [1.54, 1.807) is 6.20 Å². The fourth-order valence-corrected chi connectivity index (χ4v) is 3.97. The van der Waals surface area contributed by atoms with Crippen LogP contribution in [0.25, 0.3) is 10.9 Å². The Kier molecular flexibility index (Phi) is 5.50. The Balaban J connectivity index is 1.70. The largest absolute Gasteiger partial charge is 0.365 e. The SMILES string of the molecule is Cc1cc(Nc2nc(N[C@@H]3CCCC[C@@H]3N)c(F)cc2C(N)=O)cc2cccnc12. The van der Waals surface area contributed by atoms with Gasteiger partial charge >= 0.3 is 0 Å². The van der Waals surface area contributed by atoms with Crippen molar-refractivity contribution in [3.05, 3.63) is 53.5 Å². The highest BCUT2D eigenvalue weighted by molar-refractivity contribution is 5.99. The quantitative estimate of drug-likeness (QED) is 0.512. The van der Waals surface area contributed by atoms with Crippen LogP contribution in [0.5, 0.6) is 0 Å². The molecule has 1 aliphatic rings. The minimum Gasteiger partial charge on any atom is -0.365 e. The molecule has 2 aromatic heterocycles. The predicted molar refractivity (Wildman–Crippen MR) is 116 cm³/mol. The molecule has 0 unspecified atom stereocenters. The molecular weight excluding hydrogens is 383 g/mol. The molecule has 7 nitrogen and oxygen atoms in total. The van der Waals surface area contributed by atoms with Gasteiger partial charge in [-0.1, -0.05) is 18.9 Å². The van der Waals surface area contributed by atoms with Gasteiger partial charge in [0.2, 0.25) is 0 Å². The summed E-state index contributed by atoms with van der Waals surface area (Å²) in [4.78, 5) is 20.7. The lowest BCUT2D eigenvalue weighted by Crippen LogP contribution is -2.43. The van der Waals surface area contributed by atoms with Crippen molar-refractivity contribution < 1.29 is 9.18 Å². The van der Waals surface area contributed by atoms with Crippen LogP contribution in [-0.2, 0) is 0 Å². The fourth-order valence-electron chi connectivity index (χ4n) is 3.97. The Labute approximate surface area is 174 Å². The van der Waals surface area contributed by atoms with Crippen molar-refractivity contribution in [3.8, 4) is 0 Å². The zero-order valence-electron chi connectivity index (χ0n) is 16.8. The molecule has 8 heteroatoms. The molecule has 1 aliphatic carbocycles. The standard InChI is InChI=1S/C22H25FN6O/c1-12-9-14(10-13-5-4-8-26-19(12)13)27-21-15(20(25)30)11-16(23)22(29-21)28-18-7-3-2-6-17(18)24/h4-5,8-11,17-18H,2-3,6-7,24H2,1H3,(H2,25,30)(H2,27,28,29)/t17-,18+/m0/s1. The van der Waals surface area contributed by atoms with Gasteiger partial charge in [-0.3, -0.25) is 9.78 Å². The minimum atomic E-state index is -0.760. The van der Waals surface area contributed by atoms with Crippen molar-refractivity contribution in [2.24, 2.45) is 11.5 Å². The summed E-state index contributed by atoms with van der Waals surface area (Å²) < 4.78 is 14.7. The number of halogens is 1. The van der Waals surface area contributed by atoms with Crippen molar-refractivity contribution in [1.29, 1.82) is 0 Å². The van der Waals surface area contributed by atoms with E-state index in [-0.39, 0.29) is 29.3 Å². The smallest absolute Gasteiger partial charge is 0.252 e. The molecule has 156 valence electrons. The zero-order chi connectivity index (χ0) is 21.3. The number of hydrogen-bond donors (Lipinski definition) is 4. The monoisotopic (exact) mass is 408 g/mol. The number of amides is 1. The molecule has 0 saturated heterocycles. The molecule has 3 aromatic rings. The Morgan fingerprint density at radius 3 is 2.77 bits per heavy atom. The molecule has 1 amide bonds. The summed E-state index contributed by atoms with van der Waals surface area (Å²) in [7, 11) is 0. The molecule has 1 fully saturated rings. The predicted octanol–water partition coefficient (Wildman–Crippen LogP) is 3.60. The van der Waals surface area contributed by atoms with Gasteiger partial charge < -0.3 is 22.1 Å².